The van der Waals surface area contributed by atoms with Gasteiger partial charge in [0.1, 0.15) is 11.9 Å². The maximum absolute atomic E-state index is 6.11. The van der Waals surface area contributed by atoms with Gasteiger partial charge in [-0.3, -0.25) is 0 Å². The molecule has 1 heterocycles. The minimum absolute atomic E-state index is 0.102. The van der Waals surface area contributed by atoms with E-state index in [1.807, 2.05) is 11.8 Å². The Hall–Kier alpha value is -0.670. The van der Waals surface area contributed by atoms with Crippen molar-refractivity contribution in [2.45, 2.75) is 37.3 Å². The zero-order chi connectivity index (χ0) is 11.7. The molecule has 2 aliphatic rings. The van der Waals surface area contributed by atoms with E-state index in [0.29, 0.717) is 6.10 Å². The third-order valence-corrected chi connectivity index (χ3v) is 4.69. The molecule has 2 N–H and O–H groups in total. The van der Waals surface area contributed by atoms with Crippen LogP contribution in [0.5, 0.6) is 5.75 Å². The van der Waals surface area contributed by atoms with Gasteiger partial charge in [-0.05, 0) is 49.1 Å². The molecule has 0 bridgehead atoms. The highest BCUT2D eigenvalue weighted by atomic mass is 32.2. The van der Waals surface area contributed by atoms with Crippen LogP contribution < -0.4 is 10.5 Å². The number of nitrogens with two attached hydrogens (primary N) is 1. The fourth-order valence-corrected chi connectivity index (χ4v) is 3.32. The quantitative estimate of drug-likeness (QED) is 0.891. The Balaban J connectivity index is 1.59. The highest BCUT2D eigenvalue weighted by Crippen LogP contribution is 2.35. The molecule has 0 radical (unpaired) electrons. The first-order valence-electron chi connectivity index (χ1n) is 6.36. The summed E-state index contributed by atoms with van der Waals surface area (Å²) >= 11 is 1.98. The first-order chi connectivity index (χ1) is 8.23. The molecule has 3 heteroatoms. The third kappa shape index (κ3) is 2.96. The van der Waals surface area contributed by atoms with E-state index in [1.54, 1.807) is 0 Å². The van der Waals surface area contributed by atoms with Crippen molar-refractivity contribution in [3.63, 3.8) is 0 Å². The number of benzene rings is 1. The maximum Gasteiger partial charge on any atom is 0.119 e. The lowest BCUT2D eigenvalue weighted by molar-refractivity contribution is 0.229. The van der Waals surface area contributed by atoms with Crippen molar-refractivity contribution in [3.8, 4) is 5.75 Å². The predicted octanol–water partition coefficient (Wildman–Crippen LogP) is 2.60. The van der Waals surface area contributed by atoms with Gasteiger partial charge >= 0.3 is 0 Å². The van der Waals surface area contributed by atoms with Crippen molar-refractivity contribution < 1.29 is 4.74 Å². The number of hydrogen-bond acceptors (Lipinski definition) is 3. The van der Waals surface area contributed by atoms with E-state index in [0.717, 1.165) is 17.9 Å². The summed E-state index contributed by atoms with van der Waals surface area (Å²) in [6, 6.07) is 8.49. The molecule has 1 atom stereocenters. The Kier molecular flexibility index (Phi) is 3.05. The van der Waals surface area contributed by atoms with Crippen LogP contribution in [0.15, 0.2) is 24.3 Å². The van der Waals surface area contributed by atoms with Gasteiger partial charge in [0.25, 0.3) is 0 Å². The second-order valence-electron chi connectivity index (χ2n) is 5.29. The van der Waals surface area contributed by atoms with Crippen LogP contribution in [0.2, 0.25) is 0 Å². The standard InChI is InChI=1S/C14H19NOS/c15-14(6-7-14)9-11-1-3-12(4-2-11)16-13-5-8-17-10-13/h1-4,13H,5-10,15H2. The molecule has 0 spiro atoms. The topological polar surface area (TPSA) is 35.2 Å². The summed E-state index contributed by atoms with van der Waals surface area (Å²) in [5, 5.41) is 0. The highest BCUT2D eigenvalue weighted by molar-refractivity contribution is 7.99. The van der Waals surface area contributed by atoms with Crippen molar-refractivity contribution >= 4 is 11.8 Å². The summed E-state index contributed by atoms with van der Waals surface area (Å²) in [6.07, 6.45) is 4.94. The van der Waals surface area contributed by atoms with E-state index >= 15 is 0 Å². The fraction of sp³-hybridized carbons (Fsp3) is 0.571. The molecule has 92 valence electrons. The second kappa shape index (κ2) is 4.54. The fourth-order valence-electron chi connectivity index (χ4n) is 2.23. The lowest BCUT2D eigenvalue weighted by atomic mass is 10.1. The van der Waals surface area contributed by atoms with Gasteiger partial charge in [0.2, 0.25) is 0 Å². The Labute approximate surface area is 107 Å². The molecular formula is C14H19NOS. The van der Waals surface area contributed by atoms with Gasteiger partial charge < -0.3 is 10.5 Å². The largest absolute Gasteiger partial charge is 0.490 e. The molecule has 1 aromatic rings. The summed E-state index contributed by atoms with van der Waals surface area (Å²) in [4.78, 5) is 0. The summed E-state index contributed by atoms with van der Waals surface area (Å²) in [5.41, 5.74) is 7.55. The van der Waals surface area contributed by atoms with Crippen LogP contribution in [0, 0.1) is 0 Å². The van der Waals surface area contributed by atoms with Crippen LogP contribution in [-0.4, -0.2) is 23.1 Å². The zero-order valence-corrected chi connectivity index (χ0v) is 10.8. The Morgan fingerprint density at radius 3 is 2.65 bits per heavy atom. The molecule has 1 saturated carbocycles. The Bertz CT molecular complexity index is 380. The molecule has 3 rings (SSSR count). The third-order valence-electron chi connectivity index (χ3n) is 3.56. The maximum atomic E-state index is 6.11. The molecule has 0 aromatic heterocycles. The van der Waals surface area contributed by atoms with Crippen LogP contribution in [0.3, 0.4) is 0 Å². The number of hydrogen-bond donors (Lipinski definition) is 1. The van der Waals surface area contributed by atoms with Gasteiger partial charge in [-0.15, -0.1) is 0 Å². The molecule has 1 saturated heterocycles. The zero-order valence-electron chi connectivity index (χ0n) is 10.0. The van der Waals surface area contributed by atoms with E-state index in [4.69, 9.17) is 10.5 Å². The lowest BCUT2D eigenvalue weighted by Crippen LogP contribution is -2.24. The van der Waals surface area contributed by atoms with Crippen LogP contribution in [-0.2, 0) is 6.42 Å². The molecule has 2 nitrogen and oxygen atoms in total. The molecule has 0 amide bonds. The number of ether oxygens (including phenoxy) is 1. The second-order valence-corrected chi connectivity index (χ2v) is 6.44. The van der Waals surface area contributed by atoms with Gasteiger partial charge in [-0.1, -0.05) is 12.1 Å². The molecule has 1 aliphatic carbocycles. The van der Waals surface area contributed by atoms with E-state index in [1.165, 1.54) is 30.6 Å². The Morgan fingerprint density at radius 2 is 2.06 bits per heavy atom. The highest BCUT2D eigenvalue weighted by Gasteiger charge is 2.37. The van der Waals surface area contributed by atoms with Crippen molar-refractivity contribution in [2.75, 3.05) is 11.5 Å². The summed E-state index contributed by atoms with van der Waals surface area (Å²) in [7, 11) is 0. The van der Waals surface area contributed by atoms with E-state index in [2.05, 4.69) is 24.3 Å². The molecule has 1 aliphatic heterocycles. The minimum Gasteiger partial charge on any atom is -0.490 e. The smallest absolute Gasteiger partial charge is 0.119 e. The van der Waals surface area contributed by atoms with Crippen molar-refractivity contribution in [3.05, 3.63) is 29.8 Å². The average molecular weight is 249 g/mol. The van der Waals surface area contributed by atoms with Crippen LogP contribution in [0.1, 0.15) is 24.8 Å². The molecular weight excluding hydrogens is 230 g/mol. The van der Waals surface area contributed by atoms with E-state index in [9.17, 15) is 0 Å². The first-order valence-corrected chi connectivity index (χ1v) is 7.51. The predicted molar refractivity (Wildman–Crippen MR) is 72.7 cm³/mol. The monoisotopic (exact) mass is 249 g/mol. The van der Waals surface area contributed by atoms with Crippen LogP contribution in [0.25, 0.3) is 0 Å². The SMILES string of the molecule is NC1(Cc2ccc(OC3CCSC3)cc2)CC1. The molecule has 2 fully saturated rings. The average Bonchev–Trinajstić information content (AvgIpc) is 2.84. The lowest BCUT2D eigenvalue weighted by Gasteiger charge is -2.13. The van der Waals surface area contributed by atoms with Gasteiger partial charge in [-0.2, -0.15) is 11.8 Å². The minimum atomic E-state index is 0.102. The van der Waals surface area contributed by atoms with Crippen molar-refractivity contribution in [1.29, 1.82) is 0 Å². The van der Waals surface area contributed by atoms with E-state index < -0.39 is 0 Å². The summed E-state index contributed by atoms with van der Waals surface area (Å²) in [5.74, 6) is 3.37. The van der Waals surface area contributed by atoms with Gasteiger partial charge in [-0.25, -0.2) is 0 Å². The number of rotatable bonds is 4. The summed E-state index contributed by atoms with van der Waals surface area (Å²) < 4.78 is 5.92. The molecule has 1 unspecified atom stereocenters. The van der Waals surface area contributed by atoms with Crippen LogP contribution in [0.4, 0.5) is 0 Å². The molecule has 17 heavy (non-hydrogen) atoms. The first kappa shape index (κ1) is 11.4. The van der Waals surface area contributed by atoms with Crippen molar-refractivity contribution in [2.24, 2.45) is 5.73 Å². The van der Waals surface area contributed by atoms with E-state index in [-0.39, 0.29) is 5.54 Å². The molecule has 1 aromatic carbocycles. The van der Waals surface area contributed by atoms with Crippen molar-refractivity contribution in [1.82, 2.24) is 0 Å². The normalized spacial score (nSPS) is 25.8. The van der Waals surface area contributed by atoms with Crippen LogP contribution >= 0.6 is 11.8 Å². The number of thioether (sulfide) groups is 1. The Morgan fingerprint density at radius 1 is 1.29 bits per heavy atom. The van der Waals surface area contributed by atoms with Gasteiger partial charge in [0, 0.05) is 11.3 Å². The van der Waals surface area contributed by atoms with Gasteiger partial charge in [0.15, 0.2) is 0 Å². The van der Waals surface area contributed by atoms with Gasteiger partial charge in [0.05, 0.1) is 0 Å². The summed E-state index contributed by atoms with van der Waals surface area (Å²) in [6.45, 7) is 0.